The molecule has 0 bridgehead atoms. The monoisotopic (exact) mass is 515 g/mol. The molecular formula is C27H37N3O5S. The van der Waals surface area contributed by atoms with Crippen LogP contribution in [-0.2, 0) is 33.5 Å². The lowest BCUT2D eigenvalue weighted by atomic mass is 9.89. The molecule has 1 aromatic heterocycles. The lowest BCUT2D eigenvalue weighted by molar-refractivity contribution is -0.138. The number of carbonyl (C=O) groups excluding carboxylic acids is 1. The Labute approximate surface area is 217 Å². The predicted molar refractivity (Wildman–Crippen MR) is 139 cm³/mol. The first-order valence-corrected chi connectivity index (χ1v) is 13.8. The van der Waals surface area contributed by atoms with Crippen molar-refractivity contribution >= 4 is 23.2 Å². The van der Waals surface area contributed by atoms with E-state index in [1.165, 1.54) is 11.1 Å². The fourth-order valence-corrected chi connectivity index (χ4v) is 5.57. The first-order valence-electron chi connectivity index (χ1n) is 12.9. The van der Waals surface area contributed by atoms with E-state index in [-0.39, 0.29) is 24.5 Å². The number of hydrogen-bond donors (Lipinski definition) is 1. The van der Waals surface area contributed by atoms with Gasteiger partial charge in [0, 0.05) is 31.6 Å². The van der Waals surface area contributed by atoms with Crippen LogP contribution in [-0.4, -0.2) is 89.9 Å². The SMILES string of the molecule is CCc1nc(C(=O)N2CCOC3(CCN(CCc4ccc(CCOCCC(=O)O)cc4)CC3)C2)cs1. The van der Waals surface area contributed by atoms with E-state index in [9.17, 15) is 9.59 Å². The van der Waals surface area contributed by atoms with E-state index in [4.69, 9.17) is 14.6 Å². The molecule has 2 saturated heterocycles. The van der Waals surface area contributed by atoms with E-state index < -0.39 is 5.97 Å². The van der Waals surface area contributed by atoms with Gasteiger partial charge in [0.1, 0.15) is 5.69 Å². The van der Waals surface area contributed by atoms with Crippen LogP contribution in [0.3, 0.4) is 0 Å². The molecule has 1 amide bonds. The van der Waals surface area contributed by atoms with Gasteiger partial charge in [0.05, 0.1) is 43.4 Å². The summed E-state index contributed by atoms with van der Waals surface area (Å²) in [4.78, 5) is 32.4. The molecule has 0 unspecified atom stereocenters. The van der Waals surface area contributed by atoms with Crippen LogP contribution in [0.5, 0.6) is 0 Å². The molecule has 0 atom stereocenters. The summed E-state index contributed by atoms with van der Waals surface area (Å²) in [6.45, 7) is 7.70. The number of hydrogen-bond acceptors (Lipinski definition) is 7. The summed E-state index contributed by atoms with van der Waals surface area (Å²) in [6, 6.07) is 8.62. The van der Waals surface area contributed by atoms with Gasteiger partial charge in [0.25, 0.3) is 5.91 Å². The van der Waals surface area contributed by atoms with E-state index >= 15 is 0 Å². The van der Waals surface area contributed by atoms with Crippen molar-refractivity contribution in [3.63, 3.8) is 0 Å². The van der Waals surface area contributed by atoms with Crippen LogP contribution in [0.15, 0.2) is 29.6 Å². The van der Waals surface area contributed by atoms with Gasteiger partial charge < -0.3 is 24.4 Å². The third-order valence-electron chi connectivity index (χ3n) is 7.11. The smallest absolute Gasteiger partial charge is 0.305 e. The fourth-order valence-electron chi connectivity index (χ4n) is 4.85. The van der Waals surface area contributed by atoms with Crippen LogP contribution in [0, 0.1) is 0 Å². The summed E-state index contributed by atoms with van der Waals surface area (Å²) in [6.07, 6.45) is 4.57. The Kier molecular flexibility index (Phi) is 9.47. The van der Waals surface area contributed by atoms with Gasteiger partial charge in [0.2, 0.25) is 0 Å². The maximum Gasteiger partial charge on any atom is 0.305 e. The number of piperidine rings is 1. The zero-order valence-electron chi connectivity index (χ0n) is 21.1. The molecule has 2 aliphatic rings. The molecule has 2 aliphatic heterocycles. The van der Waals surface area contributed by atoms with Crippen molar-refractivity contribution in [3.8, 4) is 0 Å². The Hall–Kier alpha value is -2.33. The van der Waals surface area contributed by atoms with E-state index in [2.05, 4.69) is 41.1 Å². The van der Waals surface area contributed by atoms with Crippen molar-refractivity contribution in [1.29, 1.82) is 0 Å². The van der Waals surface area contributed by atoms with E-state index in [0.29, 0.717) is 32.0 Å². The van der Waals surface area contributed by atoms with Crippen LogP contribution in [0.2, 0.25) is 0 Å². The van der Waals surface area contributed by atoms with Gasteiger partial charge in [-0.05, 0) is 43.2 Å². The number of aliphatic carboxylic acids is 1. The molecule has 9 heteroatoms. The summed E-state index contributed by atoms with van der Waals surface area (Å²) >= 11 is 1.56. The Morgan fingerprint density at radius 2 is 1.83 bits per heavy atom. The first kappa shape index (κ1) is 26.7. The Balaban J connectivity index is 1.18. The summed E-state index contributed by atoms with van der Waals surface area (Å²) in [5.74, 6) is -0.796. The molecule has 1 aromatic carbocycles. The molecule has 8 nitrogen and oxygen atoms in total. The zero-order valence-corrected chi connectivity index (χ0v) is 21.9. The number of aromatic nitrogens is 1. The molecule has 2 fully saturated rings. The van der Waals surface area contributed by atoms with Gasteiger partial charge in [-0.1, -0.05) is 31.2 Å². The molecule has 0 radical (unpaired) electrons. The fraction of sp³-hybridized carbons (Fsp3) is 0.593. The average Bonchev–Trinajstić information content (AvgIpc) is 3.38. The number of benzene rings is 1. The van der Waals surface area contributed by atoms with Gasteiger partial charge in [-0.15, -0.1) is 11.3 Å². The topological polar surface area (TPSA) is 92.2 Å². The van der Waals surface area contributed by atoms with Crippen molar-refractivity contribution in [2.75, 3.05) is 52.5 Å². The van der Waals surface area contributed by atoms with E-state index in [1.54, 1.807) is 11.3 Å². The maximum atomic E-state index is 13.0. The summed E-state index contributed by atoms with van der Waals surface area (Å²) in [7, 11) is 0. The highest BCUT2D eigenvalue weighted by molar-refractivity contribution is 7.09. The van der Waals surface area contributed by atoms with Crippen molar-refractivity contribution in [1.82, 2.24) is 14.8 Å². The molecule has 1 spiro atoms. The predicted octanol–water partition coefficient (Wildman–Crippen LogP) is 3.29. The number of carboxylic acids is 1. The van der Waals surface area contributed by atoms with Crippen LogP contribution >= 0.6 is 11.3 Å². The second kappa shape index (κ2) is 12.8. The van der Waals surface area contributed by atoms with E-state index in [1.807, 2.05) is 10.3 Å². The van der Waals surface area contributed by atoms with Crippen molar-refractivity contribution in [2.24, 2.45) is 0 Å². The van der Waals surface area contributed by atoms with E-state index in [0.717, 1.165) is 56.7 Å². The van der Waals surface area contributed by atoms with Crippen LogP contribution < -0.4 is 0 Å². The highest BCUT2D eigenvalue weighted by atomic mass is 32.1. The highest BCUT2D eigenvalue weighted by Gasteiger charge is 2.41. The van der Waals surface area contributed by atoms with Crippen molar-refractivity contribution < 1.29 is 24.2 Å². The molecular weight excluding hydrogens is 478 g/mol. The molecule has 4 rings (SSSR count). The number of amides is 1. The Morgan fingerprint density at radius 3 is 2.50 bits per heavy atom. The molecule has 196 valence electrons. The lowest BCUT2D eigenvalue weighted by Crippen LogP contribution is -2.58. The minimum absolute atomic E-state index is 0.0336. The normalized spacial score (nSPS) is 18.0. The lowest BCUT2D eigenvalue weighted by Gasteiger charge is -2.47. The van der Waals surface area contributed by atoms with Crippen LogP contribution in [0.4, 0.5) is 0 Å². The second-order valence-corrected chi connectivity index (χ2v) is 10.6. The number of thiazole rings is 1. The number of nitrogens with zero attached hydrogens (tertiary/aromatic N) is 3. The molecule has 36 heavy (non-hydrogen) atoms. The van der Waals surface area contributed by atoms with Crippen LogP contribution in [0.1, 0.15) is 52.8 Å². The number of carbonyl (C=O) groups is 2. The van der Waals surface area contributed by atoms with Crippen LogP contribution in [0.25, 0.3) is 0 Å². The zero-order chi connectivity index (χ0) is 25.4. The average molecular weight is 516 g/mol. The third kappa shape index (κ3) is 7.35. The largest absolute Gasteiger partial charge is 0.481 e. The number of carboxylic acid groups (broad SMARTS) is 1. The molecule has 2 aromatic rings. The van der Waals surface area contributed by atoms with Crippen molar-refractivity contribution in [2.45, 2.75) is 51.0 Å². The number of morpholine rings is 1. The van der Waals surface area contributed by atoms with Gasteiger partial charge in [-0.2, -0.15) is 0 Å². The summed E-state index contributed by atoms with van der Waals surface area (Å²) in [5, 5.41) is 11.5. The second-order valence-electron chi connectivity index (χ2n) is 9.65. The third-order valence-corrected chi connectivity index (χ3v) is 8.10. The molecule has 0 aliphatic carbocycles. The summed E-state index contributed by atoms with van der Waals surface area (Å²) < 4.78 is 11.6. The van der Waals surface area contributed by atoms with Gasteiger partial charge in [-0.3, -0.25) is 9.59 Å². The molecule has 1 N–H and O–H groups in total. The number of ether oxygens (including phenoxy) is 2. The molecule has 3 heterocycles. The molecule has 0 saturated carbocycles. The Morgan fingerprint density at radius 1 is 1.11 bits per heavy atom. The number of aryl methyl sites for hydroxylation is 1. The Bertz CT molecular complexity index is 1000. The van der Waals surface area contributed by atoms with Gasteiger partial charge in [0.15, 0.2) is 0 Å². The van der Waals surface area contributed by atoms with Gasteiger partial charge >= 0.3 is 5.97 Å². The summed E-state index contributed by atoms with van der Waals surface area (Å²) in [5.41, 5.74) is 2.85. The number of likely N-dealkylation sites (tertiary alicyclic amines) is 1. The first-order chi connectivity index (χ1) is 17.5. The highest BCUT2D eigenvalue weighted by Crippen LogP contribution is 2.31. The van der Waals surface area contributed by atoms with Crippen molar-refractivity contribution in [3.05, 3.63) is 51.5 Å². The maximum absolute atomic E-state index is 13.0. The minimum atomic E-state index is -0.830. The standard InChI is InChI=1S/C27H37N3O5S/c1-2-24-28-23(19-36-24)26(33)30-15-18-35-27(20-30)10-13-29(14-11-27)12-7-21-3-5-22(6-4-21)8-16-34-17-9-25(31)32/h3-6,19H,2,7-18,20H2,1H3,(H,31,32). The number of rotatable bonds is 11. The quantitative estimate of drug-likeness (QED) is 0.459. The minimum Gasteiger partial charge on any atom is -0.481 e. The van der Waals surface area contributed by atoms with Gasteiger partial charge in [-0.25, -0.2) is 4.98 Å².